The van der Waals surface area contributed by atoms with Crippen molar-refractivity contribution in [2.75, 3.05) is 57.7 Å². The number of hydrogen-bond acceptors (Lipinski definition) is 9. The number of hydrogen-bond donors (Lipinski definition) is 2. The van der Waals surface area contributed by atoms with Crippen molar-refractivity contribution in [3.63, 3.8) is 0 Å². The van der Waals surface area contributed by atoms with Crippen LogP contribution in [0.3, 0.4) is 0 Å². The topological polar surface area (TPSA) is 150 Å². The lowest BCUT2D eigenvalue weighted by Crippen LogP contribution is -2.40. The molecule has 2 N–H and O–H groups in total. The van der Waals surface area contributed by atoms with Gasteiger partial charge in [-0.25, -0.2) is 16.8 Å². The van der Waals surface area contributed by atoms with Crippen LogP contribution in [-0.2, 0) is 24.8 Å². The molecule has 232 valence electrons. The molecule has 12 nitrogen and oxygen atoms in total. The van der Waals surface area contributed by atoms with E-state index < -0.39 is 30.8 Å². The van der Waals surface area contributed by atoms with Crippen molar-refractivity contribution in [2.45, 2.75) is 9.79 Å². The summed E-state index contributed by atoms with van der Waals surface area (Å²) in [7, 11) is -4.22. The molecular formula is C26H26Cl3N3O9S2. The summed E-state index contributed by atoms with van der Waals surface area (Å²) in [6.07, 6.45) is 0. The molecular weight excluding hydrogens is 669 g/mol. The molecule has 3 aromatic rings. The fraction of sp³-hybridized carbons (Fsp3) is 0.269. The van der Waals surface area contributed by atoms with Crippen molar-refractivity contribution >= 4 is 72.1 Å². The van der Waals surface area contributed by atoms with Gasteiger partial charge in [0.2, 0.25) is 10.0 Å². The lowest BCUT2D eigenvalue weighted by Gasteiger charge is -2.26. The molecule has 0 bridgehead atoms. The van der Waals surface area contributed by atoms with Gasteiger partial charge >= 0.3 is 0 Å². The van der Waals surface area contributed by atoms with E-state index in [4.69, 9.17) is 53.8 Å². The number of halogens is 3. The molecule has 4 rings (SSSR count). The third-order valence-electron chi connectivity index (χ3n) is 6.30. The fourth-order valence-electron chi connectivity index (χ4n) is 4.11. The van der Waals surface area contributed by atoms with Gasteiger partial charge in [-0.2, -0.15) is 4.31 Å². The molecule has 43 heavy (non-hydrogen) atoms. The quantitative estimate of drug-likeness (QED) is 0.307. The van der Waals surface area contributed by atoms with Gasteiger partial charge in [0.25, 0.3) is 15.9 Å². The highest BCUT2D eigenvalue weighted by Crippen LogP contribution is 2.38. The highest BCUT2D eigenvalue weighted by atomic mass is 35.5. The molecule has 0 radical (unpaired) electrons. The van der Waals surface area contributed by atoms with E-state index in [0.29, 0.717) is 0 Å². The second kappa shape index (κ2) is 13.3. The Morgan fingerprint density at radius 1 is 0.791 bits per heavy atom. The van der Waals surface area contributed by atoms with Gasteiger partial charge in [0.05, 0.1) is 71.4 Å². The maximum Gasteiger partial charge on any atom is 0.263 e. The Labute approximate surface area is 263 Å². The Kier molecular flexibility index (Phi) is 10.2. The second-order valence-corrected chi connectivity index (χ2v) is 13.7. The van der Waals surface area contributed by atoms with Crippen LogP contribution in [0.15, 0.2) is 52.3 Å². The summed E-state index contributed by atoms with van der Waals surface area (Å²) in [6.45, 7) is 0.967. The summed E-state index contributed by atoms with van der Waals surface area (Å²) < 4.78 is 77.4. The number of methoxy groups -OCH3 is 3. The fourth-order valence-corrected chi connectivity index (χ4v) is 7.70. The standard InChI is InChI=1S/C26H26Cl3N3O9S2/c1-38-22-14-24(40-3)21(13-18(22)28)31-42(34,35)25-11-16(17(27)12-19(25)29)26(33)30-20-5-4-15(10-23(20)39-2)43(36,37)32-6-8-41-9-7-32/h4-5,10-14,31H,6-9H2,1-3H3,(H,30,33). The van der Waals surface area contributed by atoms with Crippen LogP contribution < -0.4 is 24.2 Å². The zero-order valence-corrected chi connectivity index (χ0v) is 26.8. The number of carbonyl (C=O) groups excluding carboxylic acids is 1. The van der Waals surface area contributed by atoms with Gasteiger partial charge in [-0.1, -0.05) is 34.8 Å². The second-order valence-electron chi connectivity index (χ2n) is 8.89. The molecule has 1 aliphatic rings. The summed E-state index contributed by atoms with van der Waals surface area (Å²) in [6, 6.07) is 8.75. The van der Waals surface area contributed by atoms with Crippen molar-refractivity contribution in [2.24, 2.45) is 0 Å². The van der Waals surface area contributed by atoms with Crippen LogP contribution in [0.2, 0.25) is 15.1 Å². The number of rotatable bonds is 10. The van der Waals surface area contributed by atoms with Crippen LogP contribution in [0, 0.1) is 0 Å². The van der Waals surface area contributed by atoms with E-state index in [9.17, 15) is 21.6 Å². The van der Waals surface area contributed by atoms with Crippen LogP contribution >= 0.6 is 34.8 Å². The number of nitrogens with one attached hydrogen (secondary N) is 2. The van der Waals surface area contributed by atoms with Crippen molar-refractivity contribution in [3.05, 3.63) is 63.1 Å². The minimum atomic E-state index is -4.41. The summed E-state index contributed by atoms with van der Waals surface area (Å²) in [5, 5.41) is 2.29. The number of nitrogens with zero attached hydrogens (tertiary/aromatic N) is 1. The first-order valence-corrected chi connectivity index (χ1v) is 16.4. The number of amides is 1. The van der Waals surface area contributed by atoms with Gasteiger partial charge in [-0.05, 0) is 30.3 Å². The van der Waals surface area contributed by atoms with E-state index in [2.05, 4.69) is 10.0 Å². The van der Waals surface area contributed by atoms with E-state index in [-0.39, 0.29) is 80.5 Å². The van der Waals surface area contributed by atoms with Gasteiger partial charge in [0.15, 0.2) is 0 Å². The molecule has 0 unspecified atom stereocenters. The van der Waals surface area contributed by atoms with E-state index in [1.54, 1.807) is 0 Å². The van der Waals surface area contributed by atoms with Crippen LogP contribution in [0.1, 0.15) is 10.4 Å². The molecule has 1 amide bonds. The predicted molar refractivity (Wildman–Crippen MR) is 162 cm³/mol. The molecule has 0 spiro atoms. The lowest BCUT2D eigenvalue weighted by molar-refractivity contribution is 0.0730. The summed E-state index contributed by atoms with van der Waals surface area (Å²) >= 11 is 18.7. The monoisotopic (exact) mass is 693 g/mol. The number of anilines is 2. The smallest absolute Gasteiger partial charge is 0.263 e. The van der Waals surface area contributed by atoms with Crippen LogP contribution in [-0.4, -0.2) is 74.7 Å². The largest absolute Gasteiger partial charge is 0.495 e. The van der Waals surface area contributed by atoms with Crippen LogP contribution in [0.4, 0.5) is 11.4 Å². The number of carbonyl (C=O) groups is 1. The Hall–Kier alpha value is -2.98. The zero-order valence-electron chi connectivity index (χ0n) is 22.9. The molecule has 0 aromatic heterocycles. The minimum absolute atomic E-state index is 0.0119. The Bertz CT molecular complexity index is 1770. The van der Waals surface area contributed by atoms with E-state index >= 15 is 0 Å². The molecule has 1 aliphatic heterocycles. The van der Waals surface area contributed by atoms with Crippen molar-refractivity contribution in [1.82, 2.24) is 4.31 Å². The lowest BCUT2D eigenvalue weighted by atomic mass is 10.2. The molecule has 1 fully saturated rings. The zero-order chi connectivity index (χ0) is 31.5. The average molecular weight is 695 g/mol. The molecule has 1 heterocycles. The van der Waals surface area contributed by atoms with E-state index in [0.717, 1.165) is 12.1 Å². The third kappa shape index (κ3) is 7.06. The Balaban J connectivity index is 1.64. The third-order valence-corrected chi connectivity index (χ3v) is 10.6. The molecule has 1 saturated heterocycles. The first kappa shape index (κ1) is 32.9. The van der Waals surface area contributed by atoms with Gasteiger partial charge in [0, 0.05) is 25.2 Å². The predicted octanol–water partition coefficient (Wildman–Crippen LogP) is 4.75. The Morgan fingerprint density at radius 3 is 2.05 bits per heavy atom. The molecule has 0 saturated carbocycles. The average Bonchev–Trinajstić information content (AvgIpc) is 2.97. The van der Waals surface area contributed by atoms with Crippen LogP contribution in [0.5, 0.6) is 17.2 Å². The summed E-state index contributed by atoms with van der Waals surface area (Å²) in [5.41, 5.74) is -0.139. The molecule has 3 aromatic carbocycles. The number of sulfonamides is 2. The van der Waals surface area contributed by atoms with Gasteiger partial charge in [-0.15, -0.1) is 0 Å². The molecule has 17 heteroatoms. The summed E-state index contributed by atoms with van der Waals surface area (Å²) in [4.78, 5) is 12.8. The number of morpholine rings is 1. The SMILES string of the molecule is COc1cc(OC)c(NS(=O)(=O)c2cc(C(=O)Nc3ccc(S(=O)(=O)N4CCOCC4)cc3OC)c(Cl)cc2Cl)cc1Cl. The van der Waals surface area contributed by atoms with E-state index in [1.165, 1.54) is 56.0 Å². The normalized spacial score (nSPS) is 14.2. The van der Waals surface area contributed by atoms with Gasteiger partial charge in [0.1, 0.15) is 22.1 Å². The molecule has 0 aliphatic carbocycles. The first-order chi connectivity index (χ1) is 20.3. The Morgan fingerprint density at radius 2 is 1.42 bits per heavy atom. The van der Waals surface area contributed by atoms with E-state index in [1.807, 2.05) is 0 Å². The highest BCUT2D eigenvalue weighted by Gasteiger charge is 2.28. The van der Waals surface area contributed by atoms with Gasteiger partial charge in [-0.3, -0.25) is 9.52 Å². The van der Waals surface area contributed by atoms with Crippen LogP contribution in [0.25, 0.3) is 0 Å². The number of benzene rings is 3. The maximum absolute atomic E-state index is 13.4. The summed E-state index contributed by atoms with van der Waals surface area (Å²) in [5.74, 6) is -0.401. The first-order valence-electron chi connectivity index (χ1n) is 12.3. The van der Waals surface area contributed by atoms with Crippen molar-refractivity contribution < 1.29 is 40.6 Å². The van der Waals surface area contributed by atoms with Gasteiger partial charge < -0.3 is 24.3 Å². The van der Waals surface area contributed by atoms with Crippen molar-refractivity contribution in [1.29, 1.82) is 0 Å². The molecule has 0 atom stereocenters. The maximum atomic E-state index is 13.4. The highest BCUT2D eigenvalue weighted by molar-refractivity contribution is 7.92. The number of ether oxygens (including phenoxy) is 4. The van der Waals surface area contributed by atoms with Crippen molar-refractivity contribution in [3.8, 4) is 17.2 Å². The minimum Gasteiger partial charge on any atom is -0.495 e.